The van der Waals surface area contributed by atoms with Crippen LogP contribution in [-0.4, -0.2) is 68.1 Å². The Morgan fingerprint density at radius 1 is 1.14 bits per heavy atom. The number of Topliss-reactive ketones (excluding diaryl/α,β-unsaturated/α-hetero) is 1. The number of aromatic nitrogens is 3. The summed E-state index contributed by atoms with van der Waals surface area (Å²) in [4.78, 5) is 42.4. The molecule has 2 aliphatic rings. The average molecular weight is 620 g/mol. The molecule has 0 saturated carbocycles. The first-order valence-electron chi connectivity index (χ1n) is 14.3. The van der Waals surface area contributed by atoms with Crippen molar-refractivity contribution >= 4 is 28.9 Å². The molecule has 4 heterocycles. The summed E-state index contributed by atoms with van der Waals surface area (Å²) < 4.78 is 55.5. The minimum absolute atomic E-state index is 0.0897. The summed E-state index contributed by atoms with van der Waals surface area (Å²) in [6.45, 7) is 5.30. The van der Waals surface area contributed by atoms with Gasteiger partial charge in [-0.1, -0.05) is 19.1 Å². The fourth-order valence-electron chi connectivity index (χ4n) is 5.79. The van der Waals surface area contributed by atoms with Gasteiger partial charge in [-0.25, -0.2) is 24.1 Å². The van der Waals surface area contributed by atoms with Crippen molar-refractivity contribution in [3.8, 4) is 11.3 Å². The Balaban J connectivity index is 1.36. The van der Waals surface area contributed by atoms with Crippen LogP contribution in [0.4, 0.5) is 23.4 Å². The normalized spacial score (nSPS) is 19.1. The molecule has 1 N–H and O–H groups in total. The summed E-state index contributed by atoms with van der Waals surface area (Å²) in [7, 11) is 0. The Kier molecular flexibility index (Phi) is 8.85. The number of aryl methyl sites for hydroxylation is 1. The van der Waals surface area contributed by atoms with Gasteiger partial charge in [-0.2, -0.15) is 13.2 Å². The van der Waals surface area contributed by atoms with Gasteiger partial charge in [0.2, 0.25) is 5.67 Å². The number of carboxylic acid groups (broad SMARTS) is 1. The second kappa shape index (κ2) is 12.3. The lowest BCUT2D eigenvalue weighted by atomic mass is 9.93. The molecule has 230 valence electrons. The summed E-state index contributed by atoms with van der Waals surface area (Å²) in [5.41, 5.74) is -1.92. The highest BCUT2D eigenvalue weighted by Crippen LogP contribution is 2.38. The molecule has 0 bridgehead atoms. The molecule has 13 heteroatoms. The number of aliphatic carboxylic acids is 1. The molecule has 2 aliphatic heterocycles. The van der Waals surface area contributed by atoms with Gasteiger partial charge in [0.05, 0.1) is 30.1 Å². The van der Waals surface area contributed by atoms with Crippen molar-refractivity contribution in [3.05, 3.63) is 57.3 Å². The second-order valence-electron chi connectivity index (χ2n) is 11.2. The van der Waals surface area contributed by atoms with Crippen LogP contribution < -0.4 is 4.90 Å². The summed E-state index contributed by atoms with van der Waals surface area (Å²) in [6.07, 6.45) is 0.884. The number of likely N-dealkylation sites (tertiary alicyclic amines) is 1. The van der Waals surface area contributed by atoms with E-state index < -0.39 is 23.4 Å². The third kappa shape index (κ3) is 6.72. The topological polar surface area (TPSA) is 99.5 Å². The van der Waals surface area contributed by atoms with E-state index in [4.69, 9.17) is 5.11 Å². The number of alkyl halides is 4. The van der Waals surface area contributed by atoms with Crippen LogP contribution in [-0.2, 0) is 23.9 Å². The van der Waals surface area contributed by atoms with Gasteiger partial charge in [0, 0.05) is 49.0 Å². The highest BCUT2D eigenvalue weighted by atomic mass is 32.1. The number of hydrogen-bond donors (Lipinski definition) is 1. The van der Waals surface area contributed by atoms with Crippen LogP contribution in [0, 0.1) is 6.92 Å². The Labute approximate surface area is 250 Å². The first kappa shape index (κ1) is 31.0. The molecule has 0 radical (unpaired) electrons. The number of carboxylic acids is 1. The van der Waals surface area contributed by atoms with E-state index in [1.807, 2.05) is 0 Å². The van der Waals surface area contributed by atoms with E-state index in [9.17, 15) is 27.2 Å². The van der Waals surface area contributed by atoms with Gasteiger partial charge in [0.1, 0.15) is 16.5 Å². The highest BCUT2D eigenvalue weighted by molar-refractivity contribution is 7.12. The molecular formula is C30H33F4N5O3S. The van der Waals surface area contributed by atoms with E-state index in [0.717, 1.165) is 36.8 Å². The smallest absolute Gasteiger partial charge is 0.416 e. The third-order valence-corrected chi connectivity index (χ3v) is 9.41. The van der Waals surface area contributed by atoms with Gasteiger partial charge in [0.15, 0.2) is 5.78 Å². The summed E-state index contributed by atoms with van der Waals surface area (Å²) in [5.74, 6) is -1.40. The molecule has 5 rings (SSSR count). The highest BCUT2D eigenvalue weighted by Gasteiger charge is 2.42. The molecular weight excluding hydrogens is 586 g/mol. The first-order chi connectivity index (χ1) is 20.4. The number of piperidine rings is 1. The fourth-order valence-corrected chi connectivity index (χ4v) is 6.91. The van der Waals surface area contributed by atoms with E-state index in [-0.39, 0.29) is 49.4 Å². The largest absolute Gasteiger partial charge is 0.479 e. The van der Waals surface area contributed by atoms with Crippen LogP contribution in [0.1, 0.15) is 70.5 Å². The van der Waals surface area contributed by atoms with E-state index in [0.29, 0.717) is 34.7 Å². The van der Waals surface area contributed by atoms with Crippen LogP contribution in [0.2, 0.25) is 0 Å². The fraction of sp³-hybridized carbons (Fsp3) is 0.500. The lowest BCUT2D eigenvalue weighted by molar-refractivity contribution is -0.152. The van der Waals surface area contributed by atoms with Gasteiger partial charge < -0.3 is 10.0 Å². The standard InChI is InChI=1S/C30H33F4N5O3S/c1-3-20-5-4-10-39(20)17-24-27(19-7-6-18(2)21(13-19)30(32,33)34)37-26(43-24)14-23(40)22-15-36-25(16-35-22)38-11-8-29(31,9-12-38)28(41)42/h6-7,13,15-16,20H,3-5,8-12,14,17H2,1-2H3,(H,41,42)/t20-/m1/s1. The number of nitrogens with zero attached hydrogens (tertiary/aromatic N) is 5. The van der Waals surface area contributed by atoms with Crippen LogP contribution in [0.15, 0.2) is 30.6 Å². The van der Waals surface area contributed by atoms with Crippen molar-refractivity contribution in [3.63, 3.8) is 0 Å². The number of anilines is 1. The van der Waals surface area contributed by atoms with Gasteiger partial charge >= 0.3 is 12.1 Å². The number of carbonyl (C=O) groups is 2. The van der Waals surface area contributed by atoms with E-state index in [1.54, 1.807) is 11.0 Å². The molecule has 8 nitrogen and oxygen atoms in total. The average Bonchev–Trinajstić information content (AvgIpc) is 3.59. The summed E-state index contributed by atoms with van der Waals surface area (Å²) in [6, 6.07) is 4.62. The number of thiazole rings is 1. The SMILES string of the molecule is CC[C@@H]1CCCN1Cc1sc(CC(=O)c2cnc(N3CCC(F)(C(=O)O)CC3)cn2)nc1-c1ccc(C)c(C(F)(F)F)c1. The first-order valence-corrected chi connectivity index (χ1v) is 15.1. The van der Waals surface area contributed by atoms with Crippen LogP contribution in [0.5, 0.6) is 0 Å². The van der Waals surface area contributed by atoms with Gasteiger partial charge in [0.25, 0.3) is 0 Å². The Hall–Kier alpha value is -3.45. The Morgan fingerprint density at radius 2 is 1.88 bits per heavy atom. The molecule has 0 unspecified atom stereocenters. The molecule has 0 aliphatic carbocycles. The lowest BCUT2D eigenvalue weighted by Gasteiger charge is -2.34. The number of halogens is 4. The number of rotatable bonds is 9. The Bertz CT molecular complexity index is 1490. The predicted molar refractivity (Wildman–Crippen MR) is 154 cm³/mol. The minimum atomic E-state index is -4.50. The maximum atomic E-state index is 14.4. The molecule has 43 heavy (non-hydrogen) atoms. The van der Waals surface area contributed by atoms with E-state index >= 15 is 0 Å². The van der Waals surface area contributed by atoms with Crippen LogP contribution >= 0.6 is 11.3 Å². The summed E-state index contributed by atoms with van der Waals surface area (Å²) >= 11 is 1.33. The quantitative estimate of drug-likeness (QED) is 0.226. The second-order valence-corrected chi connectivity index (χ2v) is 12.4. The maximum Gasteiger partial charge on any atom is 0.416 e. The number of benzene rings is 1. The zero-order valence-electron chi connectivity index (χ0n) is 24.0. The van der Waals surface area contributed by atoms with E-state index in [2.05, 4.69) is 26.8 Å². The van der Waals surface area contributed by atoms with Crippen molar-refractivity contribution in [1.29, 1.82) is 0 Å². The molecule has 1 aromatic carbocycles. The van der Waals surface area contributed by atoms with E-state index in [1.165, 1.54) is 36.7 Å². The van der Waals surface area contributed by atoms with Gasteiger partial charge in [-0.05, 0) is 44.4 Å². The van der Waals surface area contributed by atoms with Crippen molar-refractivity contribution in [2.45, 2.75) is 76.8 Å². The van der Waals surface area contributed by atoms with Gasteiger partial charge in [-0.3, -0.25) is 9.69 Å². The minimum Gasteiger partial charge on any atom is -0.479 e. The predicted octanol–water partition coefficient (Wildman–Crippen LogP) is 6.12. The number of ketones is 1. The van der Waals surface area contributed by atoms with Crippen LogP contribution in [0.3, 0.4) is 0 Å². The maximum absolute atomic E-state index is 14.4. The zero-order valence-corrected chi connectivity index (χ0v) is 24.8. The molecule has 2 fully saturated rings. The molecule has 0 spiro atoms. The number of carbonyl (C=O) groups excluding carboxylic acids is 1. The van der Waals surface area contributed by atoms with Crippen molar-refractivity contribution in [1.82, 2.24) is 19.9 Å². The van der Waals surface area contributed by atoms with Gasteiger partial charge in [-0.15, -0.1) is 11.3 Å². The molecule has 3 aromatic rings. The number of hydrogen-bond acceptors (Lipinski definition) is 8. The van der Waals surface area contributed by atoms with Crippen molar-refractivity contribution < 1.29 is 32.3 Å². The summed E-state index contributed by atoms with van der Waals surface area (Å²) in [5, 5.41) is 9.57. The van der Waals surface area contributed by atoms with Crippen LogP contribution in [0.25, 0.3) is 11.3 Å². The van der Waals surface area contributed by atoms with Crippen molar-refractivity contribution in [2.24, 2.45) is 0 Å². The molecule has 0 amide bonds. The lowest BCUT2D eigenvalue weighted by Crippen LogP contribution is -2.46. The molecule has 2 aromatic heterocycles. The molecule has 2 saturated heterocycles. The zero-order chi connectivity index (χ0) is 30.9. The third-order valence-electron chi connectivity index (χ3n) is 8.37. The monoisotopic (exact) mass is 619 g/mol. The molecule has 1 atom stereocenters. The van der Waals surface area contributed by atoms with Crippen molar-refractivity contribution in [2.75, 3.05) is 24.5 Å². The Morgan fingerprint density at radius 3 is 2.51 bits per heavy atom.